The van der Waals surface area contributed by atoms with Crippen LogP contribution in [-0.4, -0.2) is 19.3 Å². The van der Waals surface area contributed by atoms with Crippen molar-refractivity contribution in [2.75, 3.05) is 0 Å². The number of carbonyl (C=O) groups excluding carboxylic acids is 1. The van der Waals surface area contributed by atoms with Crippen molar-refractivity contribution in [3.63, 3.8) is 0 Å². The van der Waals surface area contributed by atoms with E-state index in [1.54, 1.807) is 12.1 Å². The van der Waals surface area contributed by atoms with Crippen LogP contribution in [0.15, 0.2) is 34.5 Å². The Hall–Kier alpha value is -1.77. The molecule has 3 rings (SSSR count). The number of amides is 1. The molecule has 2 N–H and O–H groups in total. The molecule has 1 heterocycles. The molecule has 1 saturated carbocycles. The summed E-state index contributed by atoms with van der Waals surface area (Å²) in [6, 6.07) is 6.96. The van der Waals surface area contributed by atoms with Crippen molar-refractivity contribution < 1.29 is 13.2 Å². The highest BCUT2D eigenvalue weighted by atomic mass is 32.2. The minimum atomic E-state index is -3.79. The van der Waals surface area contributed by atoms with E-state index in [1.807, 2.05) is 24.4 Å². The van der Waals surface area contributed by atoms with Gasteiger partial charge in [-0.2, -0.15) is 0 Å². The van der Waals surface area contributed by atoms with Gasteiger partial charge in [0.25, 0.3) is 10.0 Å². The molecule has 0 atom stereocenters. The molecule has 8 heteroatoms. The zero-order valence-electron chi connectivity index (χ0n) is 14.7. The number of hydrogen-bond donors (Lipinski definition) is 2. The summed E-state index contributed by atoms with van der Waals surface area (Å²) in [6.07, 6.45) is 6.12. The number of nitrogens with one attached hydrogen (secondary N) is 2. The lowest BCUT2D eigenvalue weighted by molar-refractivity contribution is -0.120. The normalized spacial score (nSPS) is 15.7. The van der Waals surface area contributed by atoms with E-state index in [1.165, 1.54) is 36.2 Å². The fourth-order valence-corrected chi connectivity index (χ4v) is 4.83. The molecule has 1 amide bonds. The monoisotopic (exact) mass is 393 g/mol. The zero-order valence-corrected chi connectivity index (χ0v) is 16.3. The van der Waals surface area contributed by atoms with E-state index < -0.39 is 15.9 Å². The van der Waals surface area contributed by atoms with Crippen molar-refractivity contribution in [1.82, 2.24) is 15.2 Å². The number of nitrogens with zero attached hydrogens (tertiary/aromatic N) is 1. The maximum absolute atomic E-state index is 12.3. The number of aromatic nitrogens is 1. The standard InChI is InChI=1S/C18H23N3O3S2/c1-13-12-25-18(19-13)11-17(22)20-21-26(23,24)16-9-7-15(8-10-16)14-5-3-2-4-6-14/h7-10,12,14,21H,2-6,11H2,1H3,(H,20,22). The van der Waals surface area contributed by atoms with Gasteiger partial charge >= 0.3 is 0 Å². The van der Waals surface area contributed by atoms with Crippen LogP contribution in [0, 0.1) is 6.92 Å². The van der Waals surface area contributed by atoms with E-state index in [4.69, 9.17) is 0 Å². The maximum atomic E-state index is 12.3. The molecule has 0 saturated heterocycles. The van der Waals surface area contributed by atoms with Gasteiger partial charge in [0.05, 0.1) is 11.3 Å². The molecule has 0 unspecified atom stereocenters. The van der Waals surface area contributed by atoms with Crippen molar-refractivity contribution in [2.45, 2.75) is 56.3 Å². The lowest BCUT2D eigenvalue weighted by Gasteiger charge is -2.22. The first-order valence-corrected chi connectivity index (χ1v) is 11.1. The Labute approximate surface area is 158 Å². The topological polar surface area (TPSA) is 88.2 Å². The predicted molar refractivity (Wildman–Crippen MR) is 101 cm³/mol. The molecule has 2 aromatic rings. The van der Waals surface area contributed by atoms with Crippen molar-refractivity contribution in [3.05, 3.63) is 45.9 Å². The minimum Gasteiger partial charge on any atom is -0.277 e. The van der Waals surface area contributed by atoms with Crippen molar-refractivity contribution in [2.24, 2.45) is 0 Å². The SMILES string of the molecule is Cc1csc(CC(=O)NNS(=O)(=O)c2ccc(C3CCCCC3)cc2)n1. The maximum Gasteiger partial charge on any atom is 0.257 e. The van der Waals surface area contributed by atoms with E-state index in [2.05, 4.69) is 15.2 Å². The molecular weight excluding hydrogens is 370 g/mol. The third kappa shape index (κ3) is 4.90. The number of rotatable bonds is 6. The Balaban J connectivity index is 1.57. The first-order chi connectivity index (χ1) is 12.4. The van der Waals surface area contributed by atoms with Crippen LogP contribution in [0.25, 0.3) is 0 Å². The second-order valence-electron chi connectivity index (χ2n) is 6.62. The molecule has 1 aliphatic carbocycles. The fourth-order valence-electron chi connectivity index (χ4n) is 3.20. The van der Waals surface area contributed by atoms with Gasteiger partial charge in [0.2, 0.25) is 5.91 Å². The molecular formula is C18H23N3O3S2. The molecule has 0 aliphatic heterocycles. The highest BCUT2D eigenvalue weighted by Gasteiger charge is 2.19. The third-order valence-corrected chi connectivity index (χ3v) is 6.80. The lowest BCUT2D eigenvalue weighted by atomic mass is 9.84. The average Bonchev–Trinajstić information content (AvgIpc) is 3.06. The first kappa shape index (κ1) is 19.0. The number of hydrogen-bond acceptors (Lipinski definition) is 5. The summed E-state index contributed by atoms with van der Waals surface area (Å²) in [4.78, 5) is 18.4. The molecule has 1 aromatic heterocycles. The zero-order chi connectivity index (χ0) is 18.6. The van der Waals surface area contributed by atoms with Gasteiger partial charge in [-0.25, -0.2) is 13.4 Å². The predicted octanol–water partition coefficient (Wildman–Crippen LogP) is 3.05. The molecule has 0 spiro atoms. The van der Waals surface area contributed by atoms with Gasteiger partial charge < -0.3 is 0 Å². The van der Waals surface area contributed by atoms with E-state index in [9.17, 15) is 13.2 Å². The molecule has 1 aliphatic rings. The van der Waals surface area contributed by atoms with Gasteiger partial charge in [0.1, 0.15) is 5.01 Å². The number of thiazole rings is 1. The van der Waals surface area contributed by atoms with E-state index in [0.717, 1.165) is 18.5 Å². The smallest absolute Gasteiger partial charge is 0.257 e. The molecule has 1 aromatic carbocycles. The van der Waals surface area contributed by atoms with Crippen molar-refractivity contribution in [1.29, 1.82) is 0 Å². The highest BCUT2D eigenvalue weighted by molar-refractivity contribution is 7.89. The quantitative estimate of drug-likeness (QED) is 0.739. The van der Waals surface area contributed by atoms with Crippen LogP contribution in [0.4, 0.5) is 0 Å². The summed E-state index contributed by atoms with van der Waals surface area (Å²) >= 11 is 1.37. The Morgan fingerprint density at radius 2 is 1.88 bits per heavy atom. The van der Waals surface area contributed by atoms with E-state index in [0.29, 0.717) is 10.9 Å². The van der Waals surface area contributed by atoms with Crippen LogP contribution in [0.2, 0.25) is 0 Å². The summed E-state index contributed by atoms with van der Waals surface area (Å²) in [7, 11) is -3.79. The van der Waals surface area contributed by atoms with Crippen LogP contribution >= 0.6 is 11.3 Å². The van der Waals surface area contributed by atoms with Crippen molar-refractivity contribution >= 4 is 27.3 Å². The van der Waals surface area contributed by atoms with E-state index >= 15 is 0 Å². The Morgan fingerprint density at radius 1 is 1.19 bits per heavy atom. The molecule has 0 bridgehead atoms. The second kappa shape index (κ2) is 8.28. The molecule has 0 radical (unpaired) electrons. The Bertz CT molecular complexity index is 854. The summed E-state index contributed by atoms with van der Waals surface area (Å²) in [5.74, 6) is 0.0802. The lowest BCUT2D eigenvalue weighted by Crippen LogP contribution is -2.42. The van der Waals surface area contributed by atoms with Crippen LogP contribution in [-0.2, 0) is 21.2 Å². The van der Waals surface area contributed by atoms with Crippen LogP contribution in [0.3, 0.4) is 0 Å². The summed E-state index contributed by atoms with van der Waals surface area (Å²) in [5, 5.41) is 2.50. The Kier molecular flexibility index (Phi) is 6.05. The van der Waals surface area contributed by atoms with Gasteiger partial charge in [0, 0.05) is 11.1 Å². The van der Waals surface area contributed by atoms with Gasteiger partial charge in [-0.1, -0.05) is 31.4 Å². The molecule has 26 heavy (non-hydrogen) atoms. The van der Waals surface area contributed by atoms with Gasteiger partial charge in [-0.15, -0.1) is 16.2 Å². The largest absolute Gasteiger partial charge is 0.277 e. The van der Waals surface area contributed by atoms with Crippen LogP contribution in [0.1, 0.15) is 54.3 Å². The van der Waals surface area contributed by atoms with Crippen LogP contribution in [0.5, 0.6) is 0 Å². The first-order valence-electron chi connectivity index (χ1n) is 8.76. The number of carbonyl (C=O) groups is 1. The van der Waals surface area contributed by atoms with E-state index in [-0.39, 0.29) is 11.3 Å². The van der Waals surface area contributed by atoms with Crippen molar-refractivity contribution in [3.8, 4) is 0 Å². The summed E-state index contributed by atoms with van der Waals surface area (Å²) in [5.41, 5.74) is 4.28. The molecule has 6 nitrogen and oxygen atoms in total. The Morgan fingerprint density at radius 3 is 2.50 bits per heavy atom. The molecule has 1 fully saturated rings. The molecule has 140 valence electrons. The highest BCUT2D eigenvalue weighted by Crippen LogP contribution is 2.32. The van der Waals surface area contributed by atoms with Gasteiger partial charge in [-0.3, -0.25) is 10.2 Å². The number of sulfonamides is 1. The van der Waals surface area contributed by atoms with Gasteiger partial charge in [-0.05, 0) is 43.4 Å². The summed E-state index contributed by atoms with van der Waals surface area (Å²) in [6.45, 7) is 1.84. The number of aryl methyl sites for hydroxylation is 1. The minimum absolute atomic E-state index is 0.0433. The third-order valence-electron chi connectivity index (χ3n) is 4.57. The number of hydrazine groups is 1. The second-order valence-corrected chi connectivity index (χ2v) is 9.24. The summed E-state index contributed by atoms with van der Waals surface area (Å²) < 4.78 is 24.7. The van der Waals surface area contributed by atoms with Crippen LogP contribution < -0.4 is 10.3 Å². The van der Waals surface area contributed by atoms with Gasteiger partial charge in [0.15, 0.2) is 0 Å². The average molecular weight is 394 g/mol. The fraction of sp³-hybridized carbons (Fsp3) is 0.444. The number of benzene rings is 1.